The molecule has 1 heterocycles. The SMILES string of the molecule is NC(=O)c1cccc(NC(=O)N2CCC(COc3ccccc3)C2)c1. The van der Waals surface area contributed by atoms with Crippen molar-refractivity contribution in [3.8, 4) is 5.75 Å². The number of nitrogens with two attached hydrogens (primary N) is 1. The lowest BCUT2D eigenvalue weighted by Crippen LogP contribution is -2.33. The Hall–Kier alpha value is -3.02. The molecule has 1 saturated heterocycles. The van der Waals surface area contributed by atoms with Gasteiger partial charge in [0.15, 0.2) is 0 Å². The van der Waals surface area contributed by atoms with E-state index in [9.17, 15) is 9.59 Å². The van der Waals surface area contributed by atoms with Gasteiger partial charge in [0.2, 0.25) is 5.91 Å². The van der Waals surface area contributed by atoms with Crippen LogP contribution in [0.15, 0.2) is 54.6 Å². The number of primary amides is 1. The van der Waals surface area contributed by atoms with Gasteiger partial charge in [-0.1, -0.05) is 24.3 Å². The molecule has 0 aliphatic carbocycles. The average molecular weight is 339 g/mol. The van der Waals surface area contributed by atoms with E-state index in [1.807, 2.05) is 30.3 Å². The maximum atomic E-state index is 12.4. The van der Waals surface area contributed by atoms with Crippen LogP contribution in [0, 0.1) is 5.92 Å². The van der Waals surface area contributed by atoms with Crippen molar-refractivity contribution in [3.05, 3.63) is 60.2 Å². The number of hydrogen-bond donors (Lipinski definition) is 2. The van der Waals surface area contributed by atoms with Crippen LogP contribution in [0.2, 0.25) is 0 Å². The fourth-order valence-corrected chi connectivity index (χ4v) is 2.84. The molecule has 1 fully saturated rings. The third kappa shape index (κ3) is 4.50. The lowest BCUT2D eigenvalue weighted by Gasteiger charge is -2.18. The Morgan fingerprint density at radius 3 is 2.72 bits per heavy atom. The van der Waals surface area contributed by atoms with Crippen molar-refractivity contribution in [1.82, 2.24) is 4.90 Å². The van der Waals surface area contributed by atoms with Crippen molar-refractivity contribution in [3.63, 3.8) is 0 Å². The van der Waals surface area contributed by atoms with Gasteiger partial charge in [0.05, 0.1) is 6.61 Å². The number of ether oxygens (including phenoxy) is 1. The molecule has 3 N–H and O–H groups in total. The molecule has 1 aliphatic rings. The highest BCUT2D eigenvalue weighted by Crippen LogP contribution is 2.20. The molecule has 1 aliphatic heterocycles. The van der Waals surface area contributed by atoms with Gasteiger partial charge in [-0.05, 0) is 36.8 Å². The fourth-order valence-electron chi connectivity index (χ4n) is 2.84. The number of carbonyl (C=O) groups excluding carboxylic acids is 2. The van der Waals surface area contributed by atoms with Crippen molar-refractivity contribution in [2.75, 3.05) is 25.0 Å². The smallest absolute Gasteiger partial charge is 0.321 e. The second kappa shape index (κ2) is 7.70. The number of carbonyl (C=O) groups is 2. The molecule has 3 amide bonds. The number of benzene rings is 2. The number of para-hydroxylation sites is 1. The number of nitrogens with one attached hydrogen (secondary N) is 1. The number of likely N-dealkylation sites (tertiary alicyclic amines) is 1. The molecule has 0 radical (unpaired) electrons. The van der Waals surface area contributed by atoms with Gasteiger partial charge < -0.3 is 20.7 Å². The zero-order chi connectivity index (χ0) is 17.6. The van der Waals surface area contributed by atoms with E-state index in [1.54, 1.807) is 29.2 Å². The zero-order valence-electron chi connectivity index (χ0n) is 13.9. The highest BCUT2D eigenvalue weighted by Gasteiger charge is 2.26. The van der Waals surface area contributed by atoms with Crippen molar-refractivity contribution < 1.29 is 14.3 Å². The number of anilines is 1. The lowest BCUT2D eigenvalue weighted by molar-refractivity contribution is 0.1000. The number of urea groups is 1. The van der Waals surface area contributed by atoms with E-state index >= 15 is 0 Å². The van der Waals surface area contributed by atoms with Crippen molar-refractivity contribution in [2.45, 2.75) is 6.42 Å². The molecule has 0 bridgehead atoms. The topological polar surface area (TPSA) is 84.7 Å². The van der Waals surface area contributed by atoms with Crippen LogP contribution in [0.25, 0.3) is 0 Å². The van der Waals surface area contributed by atoms with E-state index in [2.05, 4.69) is 5.32 Å². The maximum absolute atomic E-state index is 12.4. The standard InChI is InChI=1S/C19H21N3O3/c20-18(23)15-5-4-6-16(11-15)21-19(24)22-10-9-14(12-22)13-25-17-7-2-1-3-8-17/h1-8,11,14H,9-10,12-13H2,(H2,20,23)(H,21,24). The lowest BCUT2D eigenvalue weighted by atomic mass is 10.1. The van der Waals surface area contributed by atoms with Crippen LogP contribution in [-0.4, -0.2) is 36.5 Å². The highest BCUT2D eigenvalue weighted by molar-refractivity contribution is 5.95. The van der Waals surface area contributed by atoms with E-state index < -0.39 is 5.91 Å². The Labute approximate surface area is 146 Å². The van der Waals surface area contributed by atoms with Gasteiger partial charge in [0.25, 0.3) is 0 Å². The third-order valence-corrected chi connectivity index (χ3v) is 4.20. The van der Waals surface area contributed by atoms with Crippen LogP contribution in [0.3, 0.4) is 0 Å². The van der Waals surface area contributed by atoms with Crippen LogP contribution in [0.1, 0.15) is 16.8 Å². The number of rotatable bonds is 5. The van der Waals surface area contributed by atoms with Crippen LogP contribution >= 0.6 is 0 Å². The van der Waals surface area contributed by atoms with Gasteiger partial charge >= 0.3 is 6.03 Å². The summed E-state index contributed by atoms with van der Waals surface area (Å²) in [5.74, 6) is 0.631. The van der Waals surface area contributed by atoms with Crippen molar-refractivity contribution >= 4 is 17.6 Å². The number of hydrogen-bond acceptors (Lipinski definition) is 3. The summed E-state index contributed by atoms with van der Waals surface area (Å²) in [6.45, 7) is 1.92. The van der Waals surface area contributed by atoms with Gasteiger partial charge in [0, 0.05) is 30.3 Å². The minimum Gasteiger partial charge on any atom is -0.493 e. The molecular formula is C19H21N3O3. The summed E-state index contributed by atoms with van der Waals surface area (Å²) in [6.07, 6.45) is 0.904. The van der Waals surface area contributed by atoms with E-state index in [0.717, 1.165) is 12.2 Å². The minimum absolute atomic E-state index is 0.177. The summed E-state index contributed by atoms with van der Waals surface area (Å²) in [7, 11) is 0. The molecule has 1 atom stereocenters. The summed E-state index contributed by atoms with van der Waals surface area (Å²) in [5.41, 5.74) is 6.19. The first-order valence-corrected chi connectivity index (χ1v) is 8.25. The zero-order valence-corrected chi connectivity index (χ0v) is 13.9. The van der Waals surface area contributed by atoms with Crippen LogP contribution in [0.4, 0.5) is 10.5 Å². The predicted molar refractivity (Wildman–Crippen MR) is 95.6 cm³/mol. The van der Waals surface area contributed by atoms with Crippen molar-refractivity contribution in [1.29, 1.82) is 0 Å². The first-order chi connectivity index (χ1) is 12.1. The Bertz CT molecular complexity index is 749. The molecule has 6 nitrogen and oxygen atoms in total. The first kappa shape index (κ1) is 16.8. The van der Waals surface area contributed by atoms with Gasteiger partial charge in [0.1, 0.15) is 5.75 Å². The van der Waals surface area contributed by atoms with E-state index in [1.165, 1.54) is 0 Å². The van der Waals surface area contributed by atoms with E-state index in [-0.39, 0.29) is 6.03 Å². The van der Waals surface area contributed by atoms with Gasteiger partial charge in [-0.15, -0.1) is 0 Å². The number of amides is 3. The fraction of sp³-hybridized carbons (Fsp3) is 0.263. The molecule has 1 unspecified atom stereocenters. The molecule has 3 rings (SSSR count). The Morgan fingerprint density at radius 1 is 1.16 bits per heavy atom. The normalized spacial score (nSPS) is 16.5. The predicted octanol–water partition coefficient (Wildman–Crippen LogP) is 2.72. The molecular weight excluding hydrogens is 318 g/mol. The Kier molecular flexibility index (Phi) is 5.18. The monoisotopic (exact) mass is 339 g/mol. The second-order valence-electron chi connectivity index (χ2n) is 6.10. The molecule has 0 spiro atoms. The minimum atomic E-state index is -0.518. The average Bonchev–Trinajstić information content (AvgIpc) is 3.10. The van der Waals surface area contributed by atoms with Crippen LogP contribution < -0.4 is 15.8 Å². The molecule has 6 heteroatoms. The Balaban J connectivity index is 1.50. The van der Waals surface area contributed by atoms with E-state index in [4.69, 9.17) is 10.5 Å². The largest absolute Gasteiger partial charge is 0.493 e. The summed E-state index contributed by atoms with van der Waals surface area (Å²) in [4.78, 5) is 25.3. The maximum Gasteiger partial charge on any atom is 0.321 e. The quantitative estimate of drug-likeness (QED) is 0.878. The Morgan fingerprint density at radius 2 is 1.96 bits per heavy atom. The third-order valence-electron chi connectivity index (χ3n) is 4.20. The van der Waals surface area contributed by atoms with Crippen LogP contribution in [-0.2, 0) is 0 Å². The van der Waals surface area contributed by atoms with Crippen molar-refractivity contribution in [2.24, 2.45) is 11.7 Å². The summed E-state index contributed by atoms with van der Waals surface area (Å²) in [6, 6.07) is 16.1. The molecule has 2 aromatic rings. The molecule has 0 saturated carbocycles. The van der Waals surface area contributed by atoms with Crippen LogP contribution in [0.5, 0.6) is 5.75 Å². The summed E-state index contributed by atoms with van der Waals surface area (Å²) in [5, 5.41) is 2.81. The molecule has 0 aromatic heterocycles. The highest BCUT2D eigenvalue weighted by atomic mass is 16.5. The molecule has 25 heavy (non-hydrogen) atoms. The van der Waals surface area contributed by atoms with Gasteiger partial charge in [-0.25, -0.2) is 4.79 Å². The summed E-state index contributed by atoms with van der Waals surface area (Å²) < 4.78 is 5.77. The van der Waals surface area contributed by atoms with Gasteiger partial charge in [-0.2, -0.15) is 0 Å². The second-order valence-corrected chi connectivity index (χ2v) is 6.10. The van der Waals surface area contributed by atoms with Gasteiger partial charge in [-0.3, -0.25) is 4.79 Å². The molecule has 2 aromatic carbocycles. The summed E-state index contributed by atoms with van der Waals surface area (Å²) >= 11 is 0. The van der Waals surface area contributed by atoms with E-state index in [0.29, 0.717) is 36.9 Å². The first-order valence-electron chi connectivity index (χ1n) is 8.25. The molecule has 130 valence electrons. The number of nitrogens with zero attached hydrogens (tertiary/aromatic N) is 1.